The standard InChI is InChI=1S/C20H19ClN2O3/c1-22(2)15-10-6-12(7-11-15)17-16(19(25)20(26)23(17)3)18(24)13-4-8-14(21)9-5-13/h4-11,17,24H,1-3H3/t17-/m0/s1. The third-order valence-corrected chi connectivity index (χ3v) is 4.77. The van der Waals surface area contributed by atoms with Gasteiger partial charge < -0.3 is 14.9 Å². The zero-order valence-electron chi connectivity index (χ0n) is 14.7. The van der Waals surface area contributed by atoms with E-state index in [2.05, 4.69) is 0 Å². The molecule has 26 heavy (non-hydrogen) atoms. The molecule has 0 spiro atoms. The predicted molar refractivity (Wildman–Crippen MR) is 102 cm³/mol. The van der Waals surface area contributed by atoms with Gasteiger partial charge in [0.2, 0.25) is 0 Å². The number of likely N-dealkylation sites (tertiary alicyclic amines) is 1. The summed E-state index contributed by atoms with van der Waals surface area (Å²) >= 11 is 5.88. The number of hydrogen-bond donors (Lipinski definition) is 1. The van der Waals surface area contributed by atoms with Crippen molar-refractivity contribution >= 4 is 34.7 Å². The molecule has 1 aliphatic heterocycles. The first-order valence-corrected chi connectivity index (χ1v) is 8.47. The van der Waals surface area contributed by atoms with Gasteiger partial charge in [0.15, 0.2) is 0 Å². The van der Waals surface area contributed by atoms with Gasteiger partial charge in [0.05, 0.1) is 11.6 Å². The summed E-state index contributed by atoms with van der Waals surface area (Å²) in [4.78, 5) is 28.1. The smallest absolute Gasteiger partial charge is 0.295 e. The lowest BCUT2D eigenvalue weighted by Crippen LogP contribution is -2.24. The minimum Gasteiger partial charge on any atom is -0.507 e. The molecule has 1 saturated heterocycles. The van der Waals surface area contributed by atoms with E-state index < -0.39 is 17.7 Å². The number of ketones is 1. The molecule has 134 valence electrons. The van der Waals surface area contributed by atoms with Crippen molar-refractivity contribution in [3.8, 4) is 0 Å². The first-order valence-electron chi connectivity index (χ1n) is 8.09. The predicted octanol–water partition coefficient (Wildman–Crippen LogP) is 3.46. The lowest BCUT2D eigenvalue weighted by Gasteiger charge is -2.22. The van der Waals surface area contributed by atoms with Crippen LogP contribution in [-0.2, 0) is 9.59 Å². The van der Waals surface area contributed by atoms with Crippen LogP contribution in [0.25, 0.3) is 5.76 Å². The van der Waals surface area contributed by atoms with Gasteiger partial charge >= 0.3 is 0 Å². The third kappa shape index (κ3) is 3.06. The Labute approximate surface area is 157 Å². The van der Waals surface area contributed by atoms with Crippen molar-refractivity contribution in [3.63, 3.8) is 0 Å². The van der Waals surface area contributed by atoms with E-state index in [0.717, 1.165) is 11.3 Å². The fourth-order valence-electron chi connectivity index (χ4n) is 3.06. The molecule has 1 atom stereocenters. The molecule has 0 bridgehead atoms. The number of hydrogen-bond acceptors (Lipinski definition) is 4. The summed E-state index contributed by atoms with van der Waals surface area (Å²) in [6.07, 6.45) is 0. The topological polar surface area (TPSA) is 60.9 Å². The Morgan fingerprint density at radius 2 is 1.62 bits per heavy atom. The minimum absolute atomic E-state index is 0.0809. The van der Waals surface area contributed by atoms with Crippen LogP contribution in [0, 0.1) is 0 Å². The van der Waals surface area contributed by atoms with Crippen molar-refractivity contribution in [2.24, 2.45) is 0 Å². The van der Waals surface area contributed by atoms with Gasteiger partial charge in [-0.15, -0.1) is 0 Å². The van der Waals surface area contributed by atoms with E-state index in [1.807, 2.05) is 43.3 Å². The van der Waals surface area contributed by atoms with Crippen LogP contribution in [0.5, 0.6) is 0 Å². The highest BCUT2D eigenvalue weighted by Gasteiger charge is 2.44. The molecule has 1 aliphatic rings. The van der Waals surface area contributed by atoms with Crippen molar-refractivity contribution in [1.29, 1.82) is 0 Å². The average molecular weight is 371 g/mol. The maximum atomic E-state index is 12.5. The second-order valence-corrected chi connectivity index (χ2v) is 6.84. The maximum absolute atomic E-state index is 12.5. The number of aliphatic hydroxyl groups excluding tert-OH is 1. The third-order valence-electron chi connectivity index (χ3n) is 4.52. The van der Waals surface area contributed by atoms with Crippen LogP contribution >= 0.6 is 11.6 Å². The molecule has 5 nitrogen and oxygen atoms in total. The molecule has 2 aromatic rings. The van der Waals surface area contributed by atoms with E-state index in [1.165, 1.54) is 4.90 Å². The molecule has 1 heterocycles. The van der Waals surface area contributed by atoms with Crippen molar-refractivity contribution in [2.75, 3.05) is 26.0 Å². The first kappa shape index (κ1) is 18.0. The Morgan fingerprint density at radius 1 is 1.04 bits per heavy atom. The second-order valence-electron chi connectivity index (χ2n) is 6.40. The van der Waals surface area contributed by atoms with Crippen molar-refractivity contribution in [3.05, 3.63) is 70.3 Å². The van der Waals surface area contributed by atoms with Gasteiger partial charge in [-0.05, 0) is 42.0 Å². The molecule has 1 fully saturated rings. The van der Waals surface area contributed by atoms with E-state index in [0.29, 0.717) is 10.6 Å². The Hall–Kier alpha value is -2.79. The molecule has 0 aliphatic carbocycles. The SMILES string of the molecule is CN(C)c1ccc([C@H]2C(=C(O)c3ccc(Cl)cc3)C(=O)C(=O)N2C)cc1. The normalized spacial score (nSPS) is 19.1. The Morgan fingerprint density at radius 3 is 2.15 bits per heavy atom. The molecule has 3 rings (SSSR count). The quantitative estimate of drug-likeness (QED) is 0.510. The number of carbonyl (C=O) groups excluding carboxylic acids is 2. The Bertz CT molecular complexity index is 886. The number of likely N-dealkylation sites (N-methyl/N-ethyl adjacent to an activating group) is 1. The Kier molecular flexibility index (Phi) is 4.74. The first-order chi connectivity index (χ1) is 12.3. The van der Waals surface area contributed by atoms with Gasteiger partial charge in [-0.25, -0.2) is 0 Å². The molecular formula is C20H19ClN2O3. The molecule has 0 aromatic heterocycles. The summed E-state index contributed by atoms with van der Waals surface area (Å²) < 4.78 is 0. The van der Waals surface area contributed by atoms with Gasteiger partial charge in [-0.1, -0.05) is 23.7 Å². The second kappa shape index (κ2) is 6.84. The number of anilines is 1. The van der Waals surface area contributed by atoms with Crippen LogP contribution in [0.2, 0.25) is 5.02 Å². The summed E-state index contributed by atoms with van der Waals surface area (Å²) in [7, 11) is 5.43. The molecule has 0 radical (unpaired) electrons. The van der Waals surface area contributed by atoms with Crippen LogP contribution in [0.4, 0.5) is 5.69 Å². The van der Waals surface area contributed by atoms with E-state index in [4.69, 9.17) is 11.6 Å². The number of benzene rings is 2. The molecule has 1 N–H and O–H groups in total. The summed E-state index contributed by atoms with van der Waals surface area (Å²) in [5.41, 5.74) is 2.28. The molecule has 0 saturated carbocycles. The number of carbonyl (C=O) groups is 2. The van der Waals surface area contributed by atoms with Gasteiger partial charge in [0.25, 0.3) is 11.7 Å². The summed E-state index contributed by atoms with van der Waals surface area (Å²) in [5, 5.41) is 11.2. The van der Waals surface area contributed by atoms with E-state index in [-0.39, 0.29) is 11.3 Å². The monoisotopic (exact) mass is 370 g/mol. The molecular weight excluding hydrogens is 352 g/mol. The van der Waals surface area contributed by atoms with E-state index in [9.17, 15) is 14.7 Å². The molecule has 2 aromatic carbocycles. The van der Waals surface area contributed by atoms with Gasteiger partial charge in [-0.2, -0.15) is 0 Å². The fourth-order valence-corrected chi connectivity index (χ4v) is 3.18. The maximum Gasteiger partial charge on any atom is 0.295 e. The average Bonchev–Trinajstić information content (AvgIpc) is 2.86. The highest BCUT2D eigenvalue weighted by molar-refractivity contribution is 6.46. The van der Waals surface area contributed by atoms with Crippen LogP contribution in [0.1, 0.15) is 17.2 Å². The number of halogens is 1. The van der Waals surface area contributed by atoms with E-state index >= 15 is 0 Å². The zero-order valence-corrected chi connectivity index (χ0v) is 15.5. The van der Waals surface area contributed by atoms with Crippen LogP contribution in [0.3, 0.4) is 0 Å². The highest BCUT2D eigenvalue weighted by Crippen LogP contribution is 2.38. The lowest BCUT2D eigenvalue weighted by molar-refractivity contribution is -0.139. The Balaban J connectivity index is 2.11. The van der Waals surface area contributed by atoms with Crippen molar-refractivity contribution in [1.82, 2.24) is 4.90 Å². The number of nitrogens with zero attached hydrogens (tertiary/aromatic N) is 2. The summed E-state index contributed by atoms with van der Waals surface area (Å²) in [6.45, 7) is 0. The lowest BCUT2D eigenvalue weighted by atomic mass is 9.95. The largest absolute Gasteiger partial charge is 0.507 e. The van der Waals surface area contributed by atoms with Gasteiger partial charge in [-0.3, -0.25) is 9.59 Å². The highest BCUT2D eigenvalue weighted by atomic mass is 35.5. The molecule has 1 amide bonds. The summed E-state index contributed by atoms with van der Waals surface area (Å²) in [6, 6.07) is 13.4. The van der Waals surface area contributed by atoms with Gasteiger partial charge in [0.1, 0.15) is 5.76 Å². The van der Waals surface area contributed by atoms with Crippen LogP contribution in [-0.4, -0.2) is 42.8 Å². The number of rotatable bonds is 3. The summed E-state index contributed by atoms with van der Waals surface area (Å²) in [5.74, 6) is -1.53. The zero-order chi connectivity index (χ0) is 19.0. The van der Waals surface area contributed by atoms with Crippen molar-refractivity contribution in [2.45, 2.75) is 6.04 Å². The minimum atomic E-state index is -0.693. The number of aliphatic hydroxyl groups is 1. The fraction of sp³-hybridized carbons (Fsp3) is 0.200. The number of amides is 1. The van der Waals surface area contributed by atoms with Crippen molar-refractivity contribution < 1.29 is 14.7 Å². The van der Waals surface area contributed by atoms with Gasteiger partial charge in [0, 0.05) is 37.4 Å². The molecule has 6 heteroatoms. The van der Waals surface area contributed by atoms with E-state index in [1.54, 1.807) is 31.3 Å². The number of Topliss-reactive ketones (excluding diaryl/α,β-unsaturated/α-hetero) is 1. The molecule has 0 unspecified atom stereocenters. The van der Waals surface area contributed by atoms with Crippen LogP contribution < -0.4 is 4.90 Å². The van der Waals surface area contributed by atoms with Crippen LogP contribution in [0.15, 0.2) is 54.1 Å².